The number of hydrogen-bond donors (Lipinski definition) is 1. The molecular weight excluding hydrogens is 315 g/mol. The highest BCUT2D eigenvalue weighted by Gasteiger charge is 2.46. The quantitative estimate of drug-likeness (QED) is 0.877. The van der Waals surface area contributed by atoms with Crippen molar-refractivity contribution in [2.45, 2.75) is 6.18 Å². The summed E-state index contributed by atoms with van der Waals surface area (Å²) in [5.41, 5.74) is 5.95. The number of imidazole rings is 1. The third-order valence-electron chi connectivity index (χ3n) is 3.01. The molecule has 0 aliphatic carbocycles. The van der Waals surface area contributed by atoms with Crippen molar-refractivity contribution in [3.8, 4) is 0 Å². The minimum Gasteiger partial charge on any atom is -0.383 e. The standard InChI is InChI=1S/C12H10F3N7O/c13-12(14,15)11(23)22(21-4-2-17-5-8(21)16)10-7-20-3-1-18-6-9(20)19-10/h1-3,5-7H,4,16H2. The summed E-state index contributed by atoms with van der Waals surface area (Å²) in [7, 11) is 0. The van der Waals surface area contributed by atoms with Gasteiger partial charge >= 0.3 is 12.1 Å². The van der Waals surface area contributed by atoms with Crippen molar-refractivity contribution in [2.75, 3.05) is 11.6 Å². The number of carbonyl (C=O) groups is 1. The Kier molecular flexibility index (Phi) is 3.39. The van der Waals surface area contributed by atoms with Crippen LogP contribution in [0.25, 0.3) is 5.65 Å². The number of aromatic nitrogens is 3. The molecule has 0 fully saturated rings. The van der Waals surface area contributed by atoms with Gasteiger partial charge < -0.3 is 10.1 Å². The van der Waals surface area contributed by atoms with E-state index in [0.717, 1.165) is 11.2 Å². The van der Waals surface area contributed by atoms with E-state index < -0.39 is 12.1 Å². The van der Waals surface area contributed by atoms with E-state index in [-0.39, 0.29) is 23.8 Å². The van der Waals surface area contributed by atoms with Gasteiger partial charge in [-0.1, -0.05) is 0 Å². The summed E-state index contributed by atoms with van der Waals surface area (Å²) < 4.78 is 40.3. The number of amides is 1. The summed E-state index contributed by atoms with van der Waals surface area (Å²) >= 11 is 0. The first-order valence-electron chi connectivity index (χ1n) is 6.32. The van der Waals surface area contributed by atoms with Gasteiger partial charge in [0.2, 0.25) is 0 Å². The molecule has 0 saturated carbocycles. The molecule has 0 aromatic carbocycles. The monoisotopic (exact) mass is 325 g/mol. The molecule has 0 saturated heterocycles. The van der Waals surface area contributed by atoms with Crippen molar-refractivity contribution in [1.82, 2.24) is 19.4 Å². The Labute approximate surface area is 127 Å². The van der Waals surface area contributed by atoms with Crippen LogP contribution in [0.5, 0.6) is 0 Å². The van der Waals surface area contributed by atoms with Crippen molar-refractivity contribution < 1.29 is 18.0 Å². The minimum atomic E-state index is -5.09. The minimum absolute atomic E-state index is 0.101. The second-order valence-corrected chi connectivity index (χ2v) is 4.52. The zero-order chi connectivity index (χ0) is 16.6. The van der Waals surface area contributed by atoms with E-state index in [9.17, 15) is 18.0 Å². The Morgan fingerprint density at radius 1 is 1.39 bits per heavy atom. The Hall–Kier alpha value is -3.11. The summed E-state index contributed by atoms with van der Waals surface area (Å²) in [6.45, 7) is -0.101. The van der Waals surface area contributed by atoms with Crippen LogP contribution in [0.2, 0.25) is 0 Å². The van der Waals surface area contributed by atoms with Crippen LogP contribution in [0.4, 0.5) is 19.0 Å². The third-order valence-corrected chi connectivity index (χ3v) is 3.01. The van der Waals surface area contributed by atoms with Crippen LogP contribution >= 0.6 is 0 Å². The largest absolute Gasteiger partial charge is 0.473 e. The lowest BCUT2D eigenvalue weighted by Gasteiger charge is -2.34. The highest BCUT2D eigenvalue weighted by molar-refractivity contribution is 5.96. The Balaban J connectivity index is 2.09. The molecule has 0 atom stereocenters. The smallest absolute Gasteiger partial charge is 0.383 e. The molecule has 2 N–H and O–H groups in total. The van der Waals surface area contributed by atoms with E-state index in [2.05, 4.69) is 15.0 Å². The zero-order valence-electron chi connectivity index (χ0n) is 11.5. The first-order chi connectivity index (χ1) is 10.9. The predicted molar refractivity (Wildman–Crippen MR) is 74.0 cm³/mol. The van der Waals surface area contributed by atoms with Gasteiger partial charge in [0.1, 0.15) is 5.82 Å². The van der Waals surface area contributed by atoms with Crippen molar-refractivity contribution in [3.05, 3.63) is 36.8 Å². The maximum Gasteiger partial charge on any atom is 0.473 e. The van der Waals surface area contributed by atoms with Gasteiger partial charge in [0.25, 0.3) is 0 Å². The number of rotatable bonds is 2. The van der Waals surface area contributed by atoms with E-state index in [0.29, 0.717) is 5.01 Å². The Morgan fingerprint density at radius 2 is 2.17 bits per heavy atom. The first kappa shape index (κ1) is 14.8. The lowest BCUT2D eigenvalue weighted by Crippen LogP contribution is -2.54. The van der Waals surface area contributed by atoms with Crippen LogP contribution in [0.15, 0.2) is 41.8 Å². The molecule has 1 aliphatic heterocycles. The summed E-state index contributed by atoms with van der Waals surface area (Å²) in [5.74, 6) is -2.45. The van der Waals surface area contributed by atoms with Gasteiger partial charge in [-0.2, -0.15) is 18.2 Å². The number of fused-ring (bicyclic) bond motifs is 1. The predicted octanol–water partition coefficient (Wildman–Crippen LogP) is 0.684. The van der Waals surface area contributed by atoms with Gasteiger partial charge in [0.15, 0.2) is 11.5 Å². The molecule has 0 bridgehead atoms. The summed E-state index contributed by atoms with van der Waals surface area (Å²) in [6.07, 6.45) is 2.95. The molecule has 1 aliphatic rings. The van der Waals surface area contributed by atoms with E-state index in [1.54, 1.807) is 0 Å². The molecule has 3 heterocycles. The van der Waals surface area contributed by atoms with Crippen LogP contribution in [0.3, 0.4) is 0 Å². The van der Waals surface area contributed by atoms with Gasteiger partial charge in [0.05, 0.1) is 25.1 Å². The summed E-state index contributed by atoms with van der Waals surface area (Å²) in [6, 6.07) is 0. The molecule has 8 nitrogen and oxygen atoms in total. The Bertz CT molecular complexity index is 777. The van der Waals surface area contributed by atoms with Crippen LogP contribution in [0.1, 0.15) is 0 Å². The van der Waals surface area contributed by atoms with E-state index in [1.165, 1.54) is 35.4 Å². The normalized spacial score (nSPS) is 14.9. The van der Waals surface area contributed by atoms with Crippen LogP contribution in [-0.4, -0.2) is 44.2 Å². The molecule has 0 unspecified atom stereocenters. The number of carbonyl (C=O) groups excluding carboxylic acids is 1. The van der Waals surface area contributed by atoms with Gasteiger partial charge in [-0.3, -0.25) is 19.8 Å². The molecule has 2 aromatic rings. The molecule has 0 radical (unpaired) electrons. The van der Waals surface area contributed by atoms with Crippen molar-refractivity contribution >= 4 is 23.6 Å². The van der Waals surface area contributed by atoms with Gasteiger partial charge in [-0.25, -0.2) is 4.98 Å². The van der Waals surface area contributed by atoms with Crippen molar-refractivity contribution in [1.29, 1.82) is 0 Å². The van der Waals surface area contributed by atoms with Gasteiger partial charge in [-0.15, -0.1) is 0 Å². The topological polar surface area (TPSA) is 92.1 Å². The third kappa shape index (κ3) is 2.67. The lowest BCUT2D eigenvalue weighted by atomic mass is 10.4. The fourth-order valence-corrected chi connectivity index (χ4v) is 2.01. The number of hydrazine groups is 1. The second kappa shape index (κ2) is 5.26. The van der Waals surface area contributed by atoms with Gasteiger partial charge in [0, 0.05) is 18.6 Å². The second-order valence-electron chi connectivity index (χ2n) is 4.52. The highest BCUT2D eigenvalue weighted by atomic mass is 19.4. The van der Waals surface area contributed by atoms with E-state index >= 15 is 0 Å². The zero-order valence-corrected chi connectivity index (χ0v) is 11.5. The molecule has 0 spiro atoms. The molecular formula is C12H10F3N7O. The molecule has 1 amide bonds. The molecule has 23 heavy (non-hydrogen) atoms. The molecule has 11 heteroatoms. The maximum atomic E-state index is 13.0. The van der Waals surface area contributed by atoms with Crippen LogP contribution in [0, 0.1) is 0 Å². The number of anilines is 1. The molecule has 120 valence electrons. The average Bonchev–Trinajstić information content (AvgIpc) is 2.92. The van der Waals surface area contributed by atoms with E-state index in [4.69, 9.17) is 5.73 Å². The Morgan fingerprint density at radius 3 is 2.83 bits per heavy atom. The van der Waals surface area contributed by atoms with Crippen molar-refractivity contribution in [3.63, 3.8) is 0 Å². The van der Waals surface area contributed by atoms with Crippen LogP contribution < -0.4 is 10.7 Å². The number of alkyl halides is 3. The lowest BCUT2D eigenvalue weighted by molar-refractivity contribution is -0.173. The fraction of sp³-hybridized carbons (Fsp3) is 0.167. The number of nitrogens with zero attached hydrogens (tertiary/aromatic N) is 6. The average molecular weight is 325 g/mol. The molecule has 2 aromatic heterocycles. The van der Waals surface area contributed by atoms with Crippen molar-refractivity contribution in [2.24, 2.45) is 10.7 Å². The van der Waals surface area contributed by atoms with Crippen LogP contribution in [-0.2, 0) is 4.79 Å². The highest BCUT2D eigenvalue weighted by Crippen LogP contribution is 2.26. The number of aliphatic imine (C=N–C) groups is 1. The first-order valence-corrected chi connectivity index (χ1v) is 6.32. The number of halogens is 3. The van der Waals surface area contributed by atoms with Gasteiger partial charge in [-0.05, 0) is 0 Å². The summed E-state index contributed by atoms with van der Waals surface area (Å²) in [5, 5.41) is 1.32. The number of hydrogen-bond acceptors (Lipinski definition) is 6. The van der Waals surface area contributed by atoms with E-state index in [1.807, 2.05) is 0 Å². The number of nitrogens with two attached hydrogens (primary N) is 1. The fourth-order valence-electron chi connectivity index (χ4n) is 2.01. The summed E-state index contributed by atoms with van der Waals surface area (Å²) in [4.78, 5) is 23.4. The SMILES string of the molecule is NC1=CN=CCN1N(C(=O)C(F)(F)F)c1cn2ccncc2n1. The molecule has 3 rings (SSSR count). The maximum absolute atomic E-state index is 13.0.